The third kappa shape index (κ3) is 3.32. The summed E-state index contributed by atoms with van der Waals surface area (Å²) < 4.78 is 2.49. The maximum absolute atomic E-state index is 13.3. The molecule has 3 aromatic carbocycles. The Bertz CT molecular complexity index is 1080. The van der Waals surface area contributed by atoms with E-state index in [9.17, 15) is 4.79 Å². The molecule has 4 aromatic rings. The van der Waals surface area contributed by atoms with Gasteiger partial charge >= 0.3 is 0 Å². The van der Waals surface area contributed by atoms with Crippen LogP contribution in [-0.2, 0) is 5.75 Å². The average Bonchev–Trinajstić information content (AvgIpc) is 3.05. The summed E-state index contributed by atoms with van der Waals surface area (Å²) in [5.74, 6) is 0.676. The highest BCUT2D eigenvalue weighted by atomic mass is 79.9. The molecular weight excluding hydrogens is 408 g/mol. The molecule has 1 heterocycles. The summed E-state index contributed by atoms with van der Waals surface area (Å²) in [5, 5.41) is 0.704. The Morgan fingerprint density at radius 3 is 2.42 bits per heavy atom. The number of imidazole rings is 1. The quantitative estimate of drug-likeness (QED) is 0.391. The molecule has 0 aliphatic rings. The van der Waals surface area contributed by atoms with Crippen LogP contribution >= 0.6 is 27.7 Å². The van der Waals surface area contributed by atoms with E-state index in [4.69, 9.17) is 4.98 Å². The Morgan fingerprint density at radius 1 is 0.923 bits per heavy atom. The minimum atomic E-state index is -0.0817. The van der Waals surface area contributed by atoms with Crippen LogP contribution in [0.25, 0.3) is 11.0 Å². The molecule has 4 rings (SSSR count). The zero-order valence-electron chi connectivity index (χ0n) is 13.8. The van der Waals surface area contributed by atoms with Crippen molar-refractivity contribution in [3.05, 3.63) is 94.5 Å². The standard InChI is InChI=1S/C21H15BrN2OS/c22-17-11-5-4-10-16(17)20(25)24-19-13-7-6-12-18(19)23-21(24)26-14-15-8-2-1-3-9-15/h1-13H,14H2. The molecule has 1 aromatic heterocycles. The summed E-state index contributed by atoms with van der Waals surface area (Å²) >= 11 is 5.06. The van der Waals surface area contributed by atoms with E-state index in [1.807, 2.05) is 66.7 Å². The van der Waals surface area contributed by atoms with Gasteiger partial charge in [-0.05, 0) is 45.8 Å². The van der Waals surface area contributed by atoms with E-state index in [-0.39, 0.29) is 5.91 Å². The Labute approximate surface area is 164 Å². The summed E-state index contributed by atoms with van der Waals surface area (Å²) in [6, 6.07) is 25.4. The predicted molar refractivity (Wildman–Crippen MR) is 110 cm³/mol. The first-order valence-corrected chi connectivity index (χ1v) is 9.95. The van der Waals surface area contributed by atoms with Gasteiger partial charge in [0.2, 0.25) is 0 Å². The third-order valence-electron chi connectivity index (χ3n) is 4.05. The van der Waals surface area contributed by atoms with Crippen LogP contribution in [0.2, 0.25) is 0 Å². The number of hydrogen-bond acceptors (Lipinski definition) is 3. The summed E-state index contributed by atoms with van der Waals surface area (Å²) in [6.07, 6.45) is 0. The number of halogens is 1. The second kappa shape index (κ2) is 7.48. The fourth-order valence-electron chi connectivity index (χ4n) is 2.77. The molecule has 128 valence electrons. The van der Waals surface area contributed by atoms with Crippen molar-refractivity contribution < 1.29 is 4.79 Å². The van der Waals surface area contributed by atoms with Crippen LogP contribution < -0.4 is 0 Å². The van der Waals surface area contributed by atoms with Gasteiger partial charge in [-0.25, -0.2) is 4.98 Å². The smallest absolute Gasteiger partial charge is 0.265 e. The highest BCUT2D eigenvalue weighted by molar-refractivity contribution is 9.10. The lowest BCUT2D eigenvalue weighted by molar-refractivity contribution is 0.0954. The van der Waals surface area contributed by atoms with Gasteiger partial charge in [0.15, 0.2) is 5.16 Å². The second-order valence-electron chi connectivity index (χ2n) is 5.78. The molecule has 0 aliphatic heterocycles. The molecule has 0 spiro atoms. The van der Waals surface area contributed by atoms with Crippen LogP contribution in [0.3, 0.4) is 0 Å². The van der Waals surface area contributed by atoms with Gasteiger partial charge in [-0.3, -0.25) is 9.36 Å². The highest BCUT2D eigenvalue weighted by Gasteiger charge is 2.20. The Balaban J connectivity index is 1.77. The van der Waals surface area contributed by atoms with Crippen molar-refractivity contribution in [3.8, 4) is 0 Å². The topological polar surface area (TPSA) is 34.9 Å². The molecule has 0 N–H and O–H groups in total. The van der Waals surface area contributed by atoms with Gasteiger partial charge in [0.1, 0.15) is 0 Å². The lowest BCUT2D eigenvalue weighted by Gasteiger charge is -2.09. The lowest BCUT2D eigenvalue weighted by atomic mass is 10.2. The van der Waals surface area contributed by atoms with E-state index >= 15 is 0 Å². The maximum Gasteiger partial charge on any atom is 0.265 e. The van der Waals surface area contributed by atoms with Crippen LogP contribution in [0.5, 0.6) is 0 Å². The van der Waals surface area contributed by atoms with Gasteiger partial charge in [-0.15, -0.1) is 0 Å². The van der Waals surface area contributed by atoms with Crippen molar-refractivity contribution in [2.75, 3.05) is 0 Å². The van der Waals surface area contributed by atoms with Crippen LogP contribution in [0.4, 0.5) is 0 Å². The van der Waals surface area contributed by atoms with Crippen LogP contribution in [0.1, 0.15) is 15.9 Å². The number of aromatic nitrogens is 2. The van der Waals surface area contributed by atoms with Gasteiger partial charge < -0.3 is 0 Å². The minimum absolute atomic E-state index is 0.0817. The number of nitrogens with zero attached hydrogens (tertiary/aromatic N) is 2. The van der Waals surface area contributed by atoms with Gasteiger partial charge in [0.05, 0.1) is 16.6 Å². The van der Waals surface area contributed by atoms with Crippen molar-refractivity contribution in [3.63, 3.8) is 0 Å². The molecule has 0 amide bonds. The van der Waals surface area contributed by atoms with Gasteiger partial charge in [-0.2, -0.15) is 0 Å². The number of benzene rings is 3. The number of carbonyl (C=O) groups excluding carboxylic acids is 1. The summed E-state index contributed by atoms with van der Waals surface area (Å²) in [7, 11) is 0. The molecule has 0 unspecified atom stereocenters. The molecule has 0 saturated heterocycles. The SMILES string of the molecule is O=C(c1ccccc1Br)n1c(SCc2ccccc2)nc2ccccc21. The van der Waals surface area contributed by atoms with Crippen LogP contribution in [-0.4, -0.2) is 15.5 Å². The van der Waals surface area contributed by atoms with E-state index < -0.39 is 0 Å². The largest absolute Gasteiger partial charge is 0.268 e. The van der Waals surface area contributed by atoms with Crippen molar-refractivity contribution in [2.45, 2.75) is 10.9 Å². The number of fused-ring (bicyclic) bond motifs is 1. The van der Waals surface area contributed by atoms with E-state index in [0.717, 1.165) is 21.3 Å². The molecule has 0 bridgehead atoms. The van der Waals surface area contributed by atoms with Crippen molar-refractivity contribution >= 4 is 44.6 Å². The van der Waals surface area contributed by atoms with Gasteiger partial charge in [0, 0.05) is 10.2 Å². The number of rotatable bonds is 4. The fourth-order valence-corrected chi connectivity index (χ4v) is 4.19. The van der Waals surface area contributed by atoms with E-state index in [0.29, 0.717) is 10.7 Å². The maximum atomic E-state index is 13.3. The third-order valence-corrected chi connectivity index (χ3v) is 5.75. The molecule has 26 heavy (non-hydrogen) atoms. The molecule has 5 heteroatoms. The molecule has 0 atom stereocenters. The molecule has 3 nitrogen and oxygen atoms in total. The summed E-state index contributed by atoms with van der Waals surface area (Å²) in [4.78, 5) is 17.9. The molecule has 0 radical (unpaired) electrons. The number of hydrogen-bond donors (Lipinski definition) is 0. The first-order valence-electron chi connectivity index (χ1n) is 8.17. The normalized spacial score (nSPS) is 11.0. The zero-order valence-corrected chi connectivity index (χ0v) is 16.2. The summed E-state index contributed by atoms with van der Waals surface area (Å²) in [5.41, 5.74) is 3.47. The molecular formula is C21H15BrN2OS. The molecule has 0 saturated carbocycles. The first-order chi connectivity index (χ1) is 12.7. The predicted octanol–water partition coefficient (Wildman–Crippen LogP) is 5.78. The van der Waals surface area contributed by atoms with Crippen LogP contribution in [0.15, 0.2) is 88.5 Å². The second-order valence-corrected chi connectivity index (χ2v) is 7.57. The van der Waals surface area contributed by atoms with Gasteiger partial charge in [-0.1, -0.05) is 66.4 Å². The Kier molecular flexibility index (Phi) is 4.91. The van der Waals surface area contributed by atoms with Crippen molar-refractivity contribution in [1.29, 1.82) is 0 Å². The average molecular weight is 423 g/mol. The summed E-state index contributed by atoms with van der Waals surface area (Å²) in [6.45, 7) is 0. The lowest BCUT2D eigenvalue weighted by Crippen LogP contribution is -2.13. The zero-order chi connectivity index (χ0) is 17.9. The van der Waals surface area contributed by atoms with Gasteiger partial charge in [0.25, 0.3) is 5.91 Å². The number of thioether (sulfide) groups is 1. The monoisotopic (exact) mass is 422 g/mol. The van der Waals surface area contributed by atoms with Crippen LogP contribution in [0, 0.1) is 0 Å². The van der Waals surface area contributed by atoms with E-state index in [2.05, 4.69) is 28.1 Å². The van der Waals surface area contributed by atoms with Crippen molar-refractivity contribution in [1.82, 2.24) is 9.55 Å². The highest BCUT2D eigenvalue weighted by Crippen LogP contribution is 2.29. The van der Waals surface area contributed by atoms with E-state index in [1.165, 1.54) is 5.56 Å². The number of carbonyl (C=O) groups is 1. The van der Waals surface area contributed by atoms with Crippen molar-refractivity contribution in [2.24, 2.45) is 0 Å². The van der Waals surface area contributed by atoms with E-state index in [1.54, 1.807) is 16.3 Å². The molecule has 0 fully saturated rings. The number of para-hydroxylation sites is 2. The minimum Gasteiger partial charge on any atom is -0.268 e. The Hall–Kier alpha value is -2.37. The molecule has 0 aliphatic carbocycles. The Morgan fingerprint density at radius 2 is 1.62 bits per heavy atom. The fraction of sp³-hybridized carbons (Fsp3) is 0.0476. The first kappa shape index (κ1) is 17.1.